The number of hydrogen-bond donors (Lipinski definition) is 1. The lowest BCUT2D eigenvalue weighted by atomic mass is 10.2. The van der Waals surface area contributed by atoms with E-state index in [2.05, 4.69) is 5.32 Å². The summed E-state index contributed by atoms with van der Waals surface area (Å²) in [7, 11) is 0. The van der Waals surface area contributed by atoms with Crippen molar-refractivity contribution in [2.75, 3.05) is 19.8 Å². The van der Waals surface area contributed by atoms with Gasteiger partial charge in [-0.15, -0.1) is 0 Å². The van der Waals surface area contributed by atoms with Gasteiger partial charge in [0.2, 0.25) is 0 Å². The van der Waals surface area contributed by atoms with Crippen molar-refractivity contribution in [3.05, 3.63) is 30.1 Å². The van der Waals surface area contributed by atoms with Crippen LogP contribution in [0.25, 0.3) is 0 Å². The van der Waals surface area contributed by atoms with Crippen molar-refractivity contribution >= 4 is 0 Å². The highest BCUT2D eigenvalue weighted by molar-refractivity contribution is 5.22. The van der Waals surface area contributed by atoms with Crippen LogP contribution >= 0.6 is 0 Å². The van der Waals surface area contributed by atoms with E-state index in [0.717, 1.165) is 6.54 Å². The molecule has 1 aliphatic heterocycles. The fraction of sp³-hybridized carbons (Fsp3) is 0.500. The number of ether oxygens (including phenoxy) is 2. The third-order valence-corrected chi connectivity index (χ3v) is 2.52. The summed E-state index contributed by atoms with van der Waals surface area (Å²) < 4.78 is 23.8. The minimum atomic E-state index is -0.279. The largest absolute Gasteiger partial charge is 0.492 e. The molecule has 0 aliphatic carbocycles. The summed E-state index contributed by atoms with van der Waals surface area (Å²) in [6.45, 7) is 3.99. The molecule has 1 heterocycles. The normalized spacial score (nSPS) is 25.4. The molecule has 1 saturated heterocycles. The Morgan fingerprint density at radius 3 is 3.12 bits per heavy atom. The second-order valence-corrected chi connectivity index (χ2v) is 4.02. The molecule has 0 radical (unpaired) electrons. The SMILES string of the molecule is CC1CNC(COc2cccc(F)c2)CO1. The van der Waals surface area contributed by atoms with Gasteiger partial charge in [0.1, 0.15) is 18.2 Å². The van der Waals surface area contributed by atoms with Crippen LogP contribution in [0.15, 0.2) is 24.3 Å². The van der Waals surface area contributed by atoms with Crippen molar-refractivity contribution in [2.24, 2.45) is 0 Å². The monoisotopic (exact) mass is 225 g/mol. The van der Waals surface area contributed by atoms with Crippen LogP contribution in [0.4, 0.5) is 4.39 Å². The molecule has 0 spiro atoms. The van der Waals surface area contributed by atoms with Crippen LogP contribution in [0.3, 0.4) is 0 Å². The third-order valence-electron chi connectivity index (χ3n) is 2.52. The molecule has 4 heteroatoms. The summed E-state index contributed by atoms with van der Waals surface area (Å²) in [5.74, 6) is 0.277. The minimum absolute atomic E-state index is 0.180. The van der Waals surface area contributed by atoms with E-state index in [4.69, 9.17) is 9.47 Å². The first-order valence-corrected chi connectivity index (χ1v) is 5.47. The molecule has 1 aromatic carbocycles. The molecule has 16 heavy (non-hydrogen) atoms. The van der Waals surface area contributed by atoms with Gasteiger partial charge in [0.15, 0.2) is 0 Å². The predicted molar refractivity (Wildman–Crippen MR) is 59.1 cm³/mol. The summed E-state index contributed by atoms with van der Waals surface area (Å²) in [4.78, 5) is 0. The lowest BCUT2D eigenvalue weighted by molar-refractivity contribution is 0.00454. The first-order chi connectivity index (χ1) is 7.74. The van der Waals surface area contributed by atoms with Crippen molar-refractivity contribution in [3.63, 3.8) is 0 Å². The van der Waals surface area contributed by atoms with Gasteiger partial charge in [-0.3, -0.25) is 0 Å². The third kappa shape index (κ3) is 3.18. The zero-order chi connectivity index (χ0) is 11.4. The van der Waals surface area contributed by atoms with E-state index in [1.54, 1.807) is 12.1 Å². The van der Waals surface area contributed by atoms with Crippen LogP contribution in [0.2, 0.25) is 0 Å². The van der Waals surface area contributed by atoms with Crippen molar-refractivity contribution in [1.29, 1.82) is 0 Å². The average molecular weight is 225 g/mol. The van der Waals surface area contributed by atoms with Gasteiger partial charge in [0.05, 0.1) is 18.8 Å². The molecule has 1 aliphatic rings. The fourth-order valence-electron chi connectivity index (χ4n) is 1.59. The maximum absolute atomic E-state index is 12.9. The Kier molecular flexibility index (Phi) is 3.74. The van der Waals surface area contributed by atoms with E-state index in [1.165, 1.54) is 12.1 Å². The van der Waals surface area contributed by atoms with E-state index >= 15 is 0 Å². The Labute approximate surface area is 94.6 Å². The zero-order valence-electron chi connectivity index (χ0n) is 9.28. The molecule has 2 atom stereocenters. The minimum Gasteiger partial charge on any atom is -0.492 e. The second kappa shape index (κ2) is 5.27. The van der Waals surface area contributed by atoms with Gasteiger partial charge >= 0.3 is 0 Å². The second-order valence-electron chi connectivity index (χ2n) is 4.02. The van der Waals surface area contributed by atoms with Gasteiger partial charge in [-0.2, -0.15) is 0 Å². The molecule has 1 N–H and O–H groups in total. The highest BCUT2D eigenvalue weighted by Crippen LogP contribution is 2.12. The van der Waals surface area contributed by atoms with Crippen LogP contribution in [-0.2, 0) is 4.74 Å². The van der Waals surface area contributed by atoms with Crippen molar-refractivity contribution in [3.8, 4) is 5.75 Å². The predicted octanol–water partition coefficient (Wildman–Crippen LogP) is 1.58. The standard InChI is InChI=1S/C12H16FNO2/c1-9-6-14-11(7-15-9)8-16-12-4-2-3-10(13)5-12/h2-5,9,11,14H,6-8H2,1H3. The maximum atomic E-state index is 12.9. The summed E-state index contributed by atoms with van der Waals surface area (Å²) >= 11 is 0. The number of hydrogen-bond acceptors (Lipinski definition) is 3. The highest BCUT2D eigenvalue weighted by Gasteiger charge is 2.18. The summed E-state index contributed by atoms with van der Waals surface area (Å²) in [6, 6.07) is 6.34. The molecule has 1 fully saturated rings. The molecule has 1 aromatic rings. The van der Waals surface area contributed by atoms with E-state index in [9.17, 15) is 4.39 Å². The zero-order valence-corrected chi connectivity index (χ0v) is 9.28. The quantitative estimate of drug-likeness (QED) is 0.847. The molecule has 2 unspecified atom stereocenters. The lowest BCUT2D eigenvalue weighted by Gasteiger charge is -2.28. The first kappa shape index (κ1) is 11.4. The molecule has 3 nitrogen and oxygen atoms in total. The maximum Gasteiger partial charge on any atom is 0.126 e. The van der Waals surface area contributed by atoms with Crippen LogP contribution in [0.1, 0.15) is 6.92 Å². The fourth-order valence-corrected chi connectivity index (χ4v) is 1.59. The molecule has 2 rings (SSSR count). The van der Waals surface area contributed by atoms with E-state index in [-0.39, 0.29) is 18.0 Å². The smallest absolute Gasteiger partial charge is 0.126 e. The molecule has 0 aromatic heterocycles. The number of nitrogens with one attached hydrogen (secondary N) is 1. The number of halogens is 1. The number of morpholine rings is 1. The molecular formula is C12H16FNO2. The van der Waals surface area contributed by atoms with E-state index in [1.807, 2.05) is 6.92 Å². The van der Waals surface area contributed by atoms with E-state index in [0.29, 0.717) is 19.0 Å². The topological polar surface area (TPSA) is 30.5 Å². The number of benzene rings is 1. The summed E-state index contributed by atoms with van der Waals surface area (Å²) in [6.07, 6.45) is 0.255. The van der Waals surface area contributed by atoms with Gasteiger partial charge < -0.3 is 14.8 Å². The molecule has 88 valence electrons. The Hall–Kier alpha value is -1.13. The molecule has 0 saturated carbocycles. The Balaban J connectivity index is 1.79. The molecule has 0 bridgehead atoms. The first-order valence-electron chi connectivity index (χ1n) is 5.47. The van der Waals surface area contributed by atoms with Gasteiger partial charge in [-0.25, -0.2) is 4.39 Å². The Morgan fingerprint density at radius 2 is 2.44 bits per heavy atom. The Morgan fingerprint density at radius 1 is 1.56 bits per heavy atom. The lowest BCUT2D eigenvalue weighted by Crippen LogP contribution is -2.48. The molecule has 0 amide bonds. The average Bonchev–Trinajstić information content (AvgIpc) is 2.28. The Bertz CT molecular complexity index is 338. The van der Waals surface area contributed by atoms with Crippen LogP contribution in [0.5, 0.6) is 5.75 Å². The van der Waals surface area contributed by atoms with Crippen molar-refractivity contribution < 1.29 is 13.9 Å². The van der Waals surface area contributed by atoms with Crippen molar-refractivity contribution in [2.45, 2.75) is 19.1 Å². The van der Waals surface area contributed by atoms with Crippen molar-refractivity contribution in [1.82, 2.24) is 5.32 Å². The van der Waals surface area contributed by atoms with Gasteiger partial charge in [-0.05, 0) is 19.1 Å². The summed E-state index contributed by atoms with van der Waals surface area (Å²) in [5, 5.41) is 3.31. The van der Waals surface area contributed by atoms with Crippen LogP contribution in [0, 0.1) is 5.82 Å². The van der Waals surface area contributed by atoms with Crippen LogP contribution in [-0.4, -0.2) is 31.9 Å². The van der Waals surface area contributed by atoms with E-state index < -0.39 is 0 Å². The molecular weight excluding hydrogens is 209 g/mol. The van der Waals surface area contributed by atoms with Gasteiger partial charge in [0.25, 0.3) is 0 Å². The summed E-state index contributed by atoms with van der Waals surface area (Å²) in [5.41, 5.74) is 0. The van der Waals surface area contributed by atoms with Crippen LogP contribution < -0.4 is 10.1 Å². The van der Waals surface area contributed by atoms with Gasteiger partial charge in [0, 0.05) is 12.6 Å². The highest BCUT2D eigenvalue weighted by atomic mass is 19.1. The van der Waals surface area contributed by atoms with Gasteiger partial charge in [-0.1, -0.05) is 6.07 Å². The number of rotatable bonds is 3.